The molecule has 0 aromatic rings. The predicted octanol–water partition coefficient (Wildman–Crippen LogP) is 2.28. The molecule has 0 amide bonds. The van der Waals surface area contributed by atoms with E-state index in [1.165, 1.54) is 4.67 Å². The van der Waals surface area contributed by atoms with Crippen molar-refractivity contribution in [3.63, 3.8) is 0 Å². The molecule has 1 unspecified atom stereocenters. The van der Waals surface area contributed by atoms with Crippen molar-refractivity contribution < 1.29 is 9.09 Å². The third kappa shape index (κ3) is 3.91. The normalized spacial score (nSPS) is 15.8. The van der Waals surface area contributed by atoms with Crippen molar-refractivity contribution in [3.8, 4) is 5.81 Å². The van der Waals surface area contributed by atoms with Crippen LogP contribution in [0, 0.1) is 17.0 Å². The fourth-order valence-corrected chi connectivity index (χ4v) is 1.92. The van der Waals surface area contributed by atoms with E-state index in [0.717, 1.165) is 0 Å². The first-order valence-corrected chi connectivity index (χ1v) is 5.91. The third-order valence-corrected chi connectivity index (χ3v) is 3.55. The van der Waals surface area contributed by atoms with Crippen molar-refractivity contribution in [3.05, 3.63) is 0 Å². The van der Waals surface area contributed by atoms with E-state index in [0.29, 0.717) is 13.2 Å². The highest BCUT2D eigenvalue weighted by Gasteiger charge is 2.27. The van der Waals surface area contributed by atoms with Gasteiger partial charge in [-0.3, -0.25) is 4.57 Å². The second-order valence-corrected chi connectivity index (χ2v) is 5.47. The molecule has 0 spiro atoms. The molecule has 0 aliphatic heterocycles. The Bertz CT molecular complexity index is 235. The lowest BCUT2D eigenvalue weighted by molar-refractivity contribution is 0.248. The first-order valence-electron chi connectivity index (χ1n) is 4.33. The Morgan fingerprint density at radius 2 is 2.15 bits per heavy atom. The zero-order chi connectivity index (χ0) is 10.5. The minimum atomic E-state index is -3.21. The Morgan fingerprint density at radius 1 is 1.62 bits per heavy atom. The monoisotopic (exact) mass is 204 g/mol. The van der Waals surface area contributed by atoms with E-state index in [1.54, 1.807) is 12.9 Å². The molecule has 0 N–H and O–H groups in total. The number of hydrogen-bond acceptors (Lipinski definition) is 3. The zero-order valence-corrected chi connectivity index (χ0v) is 9.54. The maximum absolute atomic E-state index is 11.8. The molecular formula is C8H17N2O2P. The van der Waals surface area contributed by atoms with Gasteiger partial charge in [0.25, 0.3) is 0 Å². The highest BCUT2D eigenvalue weighted by atomic mass is 31.2. The summed E-state index contributed by atoms with van der Waals surface area (Å²) in [6.07, 6.45) is 0. The smallest absolute Gasteiger partial charge is 0.307 e. The molecule has 0 aromatic carbocycles. The minimum Gasteiger partial charge on any atom is -0.307 e. The topological polar surface area (TPSA) is 53.3 Å². The molecule has 0 radical (unpaired) electrons. The van der Waals surface area contributed by atoms with Gasteiger partial charge in [0.15, 0.2) is 5.81 Å². The van der Waals surface area contributed by atoms with Crippen LogP contribution in [0.5, 0.6) is 0 Å². The molecule has 13 heavy (non-hydrogen) atoms. The van der Waals surface area contributed by atoms with Crippen LogP contribution in [-0.4, -0.2) is 24.9 Å². The maximum Gasteiger partial charge on any atom is 0.370 e. The van der Waals surface area contributed by atoms with Crippen molar-refractivity contribution >= 4 is 7.52 Å². The molecule has 0 aliphatic rings. The second kappa shape index (κ2) is 5.39. The minimum absolute atomic E-state index is 0.284. The van der Waals surface area contributed by atoms with Crippen molar-refractivity contribution in [2.45, 2.75) is 20.8 Å². The van der Waals surface area contributed by atoms with E-state index in [2.05, 4.69) is 0 Å². The van der Waals surface area contributed by atoms with E-state index in [1.807, 2.05) is 20.8 Å². The molecule has 0 heterocycles. The SMILES string of the molecule is CCN(C)P(=O)(C#N)OCC(C)C. The molecule has 0 aromatic heterocycles. The maximum atomic E-state index is 11.8. The zero-order valence-electron chi connectivity index (χ0n) is 8.65. The molecule has 0 bridgehead atoms. The van der Waals surface area contributed by atoms with Crippen molar-refractivity contribution in [1.29, 1.82) is 5.26 Å². The highest BCUT2D eigenvalue weighted by Crippen LogP contribution is 2.48. The summed E-state index contributed by atoms with van der Waals surface area (Å²) in [6, 6.07) is 0. The summed E-state index contributed by atoms with van der Waals surface area (Å²) in [5.74, 6) is 2.03. The van der Waals surface area contributed by atoms with Crippen LogP contribution in [-0.2, 0) is 9.09 Å². The van der Waals surface area contributed by atoms with Gasteiger partial charge >= 0.3 is 7.52 Å². The van der Waals surface area contributed by atoms with E-state index in [9.17, 15) is 4.57 Å². The Morgan fingerprint density at radius 3 is 2.46 bits per heavy atom. The van der Waals surface area contributed by atoms with Gasteiger partial charge < -0.3 is 4.52 Å². The Labute approximate surface area is 80.0 Å². The number of rotatable bonds is 5. The lowest BCUT2D eigenvalue weighted by atomic mass is 10.2. The van der Waals surface area contributed by atoms with Gasteiger partial charge in [-0.15, -0.1) is 0 Å². The van der Waals surface area contributed by atoms with Crippen LogP contribution in [0.2, 0.25) is 0 Å². The molecule has 0 rings (SSSR count). The van der Waals surface area contributed by atoms with E-state index >= 15 is 0 Å². The van der Waals surface area contributed by atoms with Crippen LogP contribution < -0.4 is 0 Å². The lowest BCUT2D eigenvalue weighted by Crippen LogP contribution is -2.16. The highest BCUT2D eigenvalue weighted by molar-refractivity contribution is 7.61. The van der Waals surface area contributed by atoms with Crippen LogP contribution in [0.15, 0.2) is 0 Å². The fraction of sp³-hybridized carbons (Fsp3) is 0.875. The lowest BCUT2D eigenvalue weighted by Gasteiger charge is -2.20. The van der Waals surface area contributed by atoms with Gasteiger partial charge in [0.2, 0.25) is 0 Å². The third-order valence-electron chi connectivity index (χ3n) is 1.62. The Balaban J connectivity index is 4.32. The van der Waals surface area contributed by atoms with Gasteiger partial charge in [-0.25, -0.2) is 4.67 Å². The second-order valence-electron chi connectivity index (χ2n) is 3.28. The summed E-state index contributed by atoms with van der Waals surface area (Å²) < 4.78 is 18.3. The number of nitriles is 1. The predicted molar refractivity (Wildman–Crippen MR) is 52.3 cm³/mol. The fourth-order valence-electron chi connectivity index (χ4n) is 0.640. The molecule has 76 valence electrons. The molecule has 4 nitrogen and oxygen atoms in total. The summed E-state index contributed by atoms with van der Waals surface area (Å²) in [7, 11) is -1.58. The quantitative estimate of drug-likeness (QED) is 0.644. The molecule has 0 fully saturated rings. The van der Waals surface area contributed by atoms with Crippen molar-refractivity contribution in [2.24, 2.45) is 5.92 Å². The van der Waals surface area contributed by atoms with Gasteiger partial charge in [0.05, 0.1) is 6.61 Å². The molecular weight excluding hydrogens is 187 g/mol. The van der Waals surface area contributed by atoms with Gasteiger partial charge in [-0.05, 0) is 13.0 Å². The summed E-state index contributed by atoms with van der Waals surface area (Å²) in [5, 5.41) is 8.72. The Kier molecular flexibility index (Phi) is 5.24. The molecule has 0 saturated carbocycles. The van der Waals surface area contributed by atoms with Crippen LogP contribution >= 0.6 is 7.52 Å². The van der Waals surface area contributed by atoms with Crippen molar-refractivity contribution in [1.82, 2.24) is 4.67 Å². The van der Waals surface area contributed by atoms with Gasteiger partial charge in [0, 0.05) is 6.54 Å². The van der Waals surface area contributed by atoms with Gasteiger partial charge in [-0.2, -0.15) is 5.26 Å². The number of nitrogens with zero attached hydrogens (tertiary/aromatic N) is 2. The molecule has 5 heteroatoms. The molecule has 0 aliphatic carbocycles. The molecule has 1 atom stereocenters. The average molecular weight is 204 g/mol. The standard InChI is InChI=1S/C8H17N2O2P/c1-5-10(4)13(11,7-9)12-6-8(2)3/h8H,5-6H2,1-4H3. The van der Waals surface area contributed by atoms with Crippen LogP contribution in [0.25, 0.3) is 0 Å². The van der Waals surface area contributed by atoms with E-state index in [-0.39, 0.29) is 5.92 Å². The largest absolute Gasteiger partial charge is 0.370 e. The summed E-state index contributed by atoms with van der Waals surface area (Å²) >= 11 is 0. The first kappa shape index (κ1) is 12.6. The first-order chi connectivity index (χ1) is 5.96. The van der Waals surface area contributed by atoms with Gasteiger partial charge in [-0.1, -0.05) is 20.8 Å². The van der Waals surface area contributed by atoms with E-state index < -0.39 is 7.52 Å². The summed E-state index contributed by atoms with van der Waals surface area (Å²) in [4.78, 5) is 0. The average Bonchev–Trinajstić information content (AvgIpc) is 2.12. The van der Waals surface area contributed by atoms with Crippen LogP contribution in [0.1, 0.15) is 20.8 Å². The van der Waals surface area contributed by atoms with Crippen molar-refractivity contribution in [2.75, 3.05) is 20.2 Å². The van der Waals surface area contributed by atoms with Gasteiger partial charge in [0.1, 0.15) is 0 Å². The number of hydrogen-bond donors (Lipinski definition) is 0. The summed E-state index contributed by atoms with van der Waals surface area (Å²) in [5.41, 5.74) is 0. The van der Waals surface area contributed by atoms with E-state index in [4.69, 9.17) is 9.79 Å². The Hall–Kier alpha value is -0.360. The summed E-state index contributed by atoms with van der Waals surface area (Å²) in [6.45, 7) is 6.64. The van der Waals surface area contributed by atoms with Crippen LogP contribution in [0.3, 0.4) is 0 Å². The molecule has 0 saturated heterocycles. The van der Waals surface area contributed by atoms with Crippen LogP contribution in [0.4, 0.5) is 0 Å².